The molecule has 1 fully saturated rings. The monoisotopic (exact) mass is 420 g/mol. The van der Waals surface area contributed by atoms with Crippen LogP contribution in [0.15, 0.2) is 18.2 Å². The van der Waals surface area contributed by atoms with Crippen molar-refractivity contribution in [3.8, 4) is 6.07 Å². The maximum Gasteiger partial charge on any atom is 0.416 e. The van der Waals surface area contributed by atoms with Crippen LogP contribution >= 0.6 is 11.3 Å². The van der Waals surface area contributed by atoms with Crippen LogP contribution in [0.3, 0.4) is 0 Å². The zero-order chi connectivity index (χ0) is 20.7. The van der Waals surface area contributed by atoms with Crippen molar-refractivity contribution in [3.63, 3.8) is 0 Å². The number of alkyl halides is 6. The maximum atomic E-state index is 13.3. The molecule has 0 N–H and O–H groups in total. The van der Waals surface area contributed by atoms with Crippen molar-refractivity contribution in [2.24, 2.45) is 11.8 Å². The van der Waals surface area contributed by atoms with Gasteiger partial charge in [0.25, 0.3) is 0 Å². The van der Waals surface area contributed by atoms with Gasteiger partial charge in [0.1, 0.15) is 5.01 Å². The summed E-state index contributed by atoms with van der Waals surface area (Å²) in [6, 6.07) is 4.53. The molecule has 1 saturated carbocycles. The van der Waals surface area contributed by atoms with Crippen LogP contribution in [0.25, 0.3) is 10.2 Å². The first kappa shape index (κ1) is 20.6. The lowest BCUT2D eigenvalue weighted by Gasteiger charge is -2.32. The molecule has 0 bridgehead atoms. The Hall–Kier alpha value is -2.15. The van der Waals surface area contributed by atoms with Crippen LogP contribution in [-0.2, 0) is 11.0 Å². The van der Waals surface area contributed by atoms with Gasteiger partial charge < -0.3 is 0 Å². The first-order valence-corrected chi connectivity index (χ1v) is 9.31. The Bertz CT molecular complexity index is 927. The molecule has 0 saturated heterocycles. The molecule has 2 aromatic rings. The van der Waals surface area contributed by atoms with Gasteiger partial charge in [-0.15, -0.1) is 11.3 Å². The number of carbonyl (C=O) groups excluding carboxylic acids is 1. The van der Waals surface area contributed by atoms with Gasteiger partial charge in [-0.25, -0.2) is 4.98 Å². The summed E-state index contributed by atoms with van der Waals surface area (Å²) in [7, 11) is 0. The number of fused-ring (bicyclic) bond motifs is 1. The predicted octanol–water partition coefficient (Wildman–Crippen LogP) is 5.86. The van der Waals surface area contributed by atoms with Crippen molar-refractivity contribution in [3.05, 3.63) is 28.8 Å². The van der Waals surface area contributed by atoms with Crippen LogP contribution in [-0.4, -0.2) is 16.9 Å². The second kappa shape index (κ2) is 7.35. The smallest absolute Gasteiger partial charge is 0.297 e. The van der Waals surface area contributed by atoms with E-state index in [1.165, 1.54) is 6.07 Å². The van der Waals surface area contributed by atoms with Crippen molar-refractivity contribution in [1.29, 1.82) is 5.26 Å². The Labute approximate surface area is 160 Å². The number of halogens is 6. The molecule has 0 amide bonds. The lowest BCUT2D eigenvalue weighted by molar-refractivity contribution is -0.197. The van der Waals surface area contributed by atoms with Gasteiger partial charge in [0.15, 0.2) is 11.7 Å². The highest BCUT2D eigenvalue weighted by Gasteiger charge is 2.49. The second-order valence-corrected chi connectivity index (χ2v) is 7.80. The van der Waals surface area contributed by atoms with E-state index in [9.17, 15) is 36.4 Å². The largest absolute Gasteiger partial charge is 0.416 e. The fourth-order valence-electron chi connectivity index (χ4n) is 3.56. The number of nitriles is 1. The molecule has 150 valence electrons. The second-order valence-electron chi connectivity index (χ2n) is 6.74. The Morgan fingerprint density at radius 3 is 2.46 bits per heavy atom. The first-order valence-electron chi connectivity index (χ1n) is 8.50. The summed E-state index contributed by atoms with van der Waals surface area (Å²) < 4.78 is 78.7. The van der Waals surface area contributed by atoms with Crippen molar-refractivity contribution in [2.75, 3.05) is 0 Å². The number of ketones is 1. The lowest BCUT2D eigenvalue weighted by atomic mass is 9.74. The van der Waals surface area contributed by atoms with E-state index in [0.717, 1.165) is 23.5 Å². The van der Waals surface area contributed by atoms with Gasteiger partial charge >= 0.3 is 12.4 Å². The molecule has 0 spiro atoms. The standard InChI is InChI=1S/C18H14F6N2OS/c19-17(20,21)9-5-6-14-13(7-9)26-16(28-14)11(8-25)15(27)10-3-1-2-4-12(10)18(22,23)24/h5-7,10-12H,1-4H2. The minimum Gasteiger partial charge on any atom is -0.297 e. The van der Waals surface area contributed by atoms with Crippen LogP contribution in [0.5, 0.6) is 0 Å². The van der Waals surface area contributed by atoms with Gasteiger partial charge in [0.05, 0.1) is 27.8 Å². The van der Waals surface area contributed by atoms with Crippen LogP contribution in [0.4, 0.5) is 26.3 Å². The van der Waals surface area contributed by atoms with Gasteiger partial charge in [0.2, 0.25) is 0 Å². The molecule has 28 heavy (non-hydrogen) atoms. The molecule has 1 aromatic carbocycles. The van der Waals surface area contributed by atoms with Crippen LogP contribution in [0, 0.1) is 23.2 Å². The molecule has 1 heterocycles. The van der Waals surface area contributed by atoms with Crippen LogP contribution in [0.1, 0.15) is 42.2 Å². The molecule has 3 nitrogen and oxygen atoms in total. The van der Waals surface area contributed by atoms with E-state index in [0.29, 0.717) is 17.5 Å². The topological polar surface area (TPSA) is 53.8 Å². The minimum absolute atomic E-state index is 0.0321. The molecule has 3 atom stereocenters. The number of benzene rings is 1. The van der Waals surface area contributed by atoms with Crippen LogP contribution in [0.2, 0.25) is 0 Å². The van der Waals surface area contributed by atoms with Crippen molar-refractivity contribution < 1.29 is 31.1 Å². The zero-order valence-corrected chi connectivity index (χ0v) is 15.1. The van der Waals surface area contributed by atoms with E-state index < -0.39 is 41.5 Å². The number of rotatable bonds is 3. The summed E-state index contributed by atoms with van der Waals surface area (Å²) in [5.74, 6) is -5.54. The molecule has 0 aliphatic heterocycles. The summed E-state index contributed by atoms with van der Waals surface area (Å²) in [5.41, 5.74) is -0.972. The highest BCUT2D eigenvalue weighted by Crippen LogP contribution is 2.44. The molecule has 0 radical (unpaired) electrons. The van der Waals surface area contributed by atoms with Gasteiger partial charge in [-0.1, -0.05) is 12.8 Å². The number of thiazole rings is 1. The summed E-state index contributed by atoms with van der Waals surface area (Å²) in [6.07, 6.45) is -8.46. The first-order chi connectivity index (χ1) is 13.0. The van der Waals surface area contributed by atoms with E-state index in [1.807, 2.05) is 0 Å². The van der Waals surface area contributed by atoms with Crippen molar-refractivity contribution >= 4 is 27.3 Å². The summed E-state index contributed by atoms with van der Waals surface area (Å²) >= 11 is 0.847. The Morgan fingerprint density at radius 2 is 1.86 bits per heavy atom. The van der Waals surface area contributed by atoms with Gasteiger partial charge in [-0.3, -0.25) is 4.79 Å². The Balaban J connectivity index is 1.94. The summed E-state index contributed by atoms with van der Waals surface area (Å²) in [6.45, 7) is 0. The van der Waals surface area contributed by atoms with E-state index in [4.69, 9.17) is 0 Å². The highest BCUT2D eigenvalue weighted by molar-refractivity contribution is 7.18. The number of carbonyl (C=O) groups is 1. The van der Waals surface area contributed by atoms with Crippen molar-refractivity contribution in [2.45, 2.75) is 44.0 Å². The summed E-state index contributed by atoms with van der Waals surface area (Å²) in [5, 5.41) is 9.34. The average molecular weight is 420 g/mol. The van der Waals surface area contributed by atoms with E-state index in [1.54, 1.807) is 6.07 Å². The van der Waals surface area contributed by atoms with Crippen LogP contribution < -0.4 is 0 Å². The van der Waals surface area contributed by atoms with Gasteiger partial charge in [-0.2, -0.15) is 31.6 Å². The SMILES string of the molecule is N#CC(C(=O)C1CCCCC1C(F)(F)F)c1nc2cc(C(F)(F)F)ccc2s1. The Kier molecular flexibility index (Phi) is 5.40. The number of nitrogens with zero attached hydrogens (tertiary/aromatic N) is 2. The zero-order valence-electron chi connectivity index (χ0n) is 14.3. The third kappa shape index (κ3) is 3.99. The molecule has 1 aromatic heterocycles. The van der Waals surface area contributed by atoms with E-state index in [2.05, 4.69) is 4.98 Å². The molecular formula is C18H14F6N2OS. The van der Waals surface area contributed by atoms with E-state index in [-0.39, 0.29) is 23.4 Å². The van der Waals surface area contributed by atoms with Crippen molar-refractivity contribution in [1.82, 2.24) is 4.98 Å². The molecule has 10 heteroatoms. The third-order valence-corrected chi connectivity index (χ3v) is 6.05. The normalized spacial score (nSPS) is 22.0. The minimum atomic E-state index is -4.58. The fourth-order valence-corrected chi connectivity index (χ4v) is 4.56. The summed E-state index contributed by atoms with van der Waals surface area (Å²) in [4.78, 5) is 16.7. The third-order valence-electron chi connectivity index (χ3n) is 4.94. The molecule has 3 unspecified atom stereocenters. The average Bonchev–Trinajstić information content (AvgIpc) is 3.03. The number of aromatic nitrogens is 1. The quantitative estimate of drug-likeness (QED) is 0.585. The van der Waals surface area contributed by atoms with Gasteiger partial charge in [0, 0.05) is 5.92 Å². The fraction of sp³-hybridized carbons (Fsp3) is 0.500. The van der Waals surface area contributed by atoms with Gasteiger partial charge in [-0.05, 0) is 31.0 Å². The highest BCUT2D eigenvalue weighted by atomic mass is 32.1. The lowest BCUT2D eigenvalue weighted by Crippen LogP contribution is -2.39. The molecule has 1 aliphatic rings. The number of hydrogen-bond donors (Lipinski definition) is 0. The molecular weight excluding hydrogens is 406 g/mol. The Morgan fingerprint density at radius 1 is 1.18 bits per heavy atom. The molecule has 3 rings (SSSR count). The van der Waals surface area contributed by atoms with E-state index >= 15 is 0 Å². The number of hydrogen-bond acceptors (Lipinski definition) is 4. The molecule has 1 aliphatic carbocycles. The number of Topliss-reactive ketones (excluding diaryl/α,β-unsaturated/α-hetero) is 1. The maximum absolute atomic E-state index is 13.3. The predicted molar refractivity (Wildman–Crippen MR) is 89.5 cm³/mol.